The van der Waals surface area contributed by atoms with Crippen molar-refractivity contribution in [3.8, 4) is 0 Å². The van der Waals surface area contributed by atoms with Crippen molar-refractivity contribution in [3.63, 3.8) is 0 Å². The van der Waals surface area contributed by atoms with Gasteiger partial charge in [0.2, 0.25) is 0 Å². The van der Waals surface area contributed by atoms with Crippen LogP contribution in [0.25, 0.3) is 0 Å². The highest BCUT2D eigenvalue weighted by Crippen LogP contribution is 2.20. The molecule has 1 aromatic heterocycles. The van der Waals surface area contributed by atoms with E-state index in [2.05, 4.69) is 15.5 Å². The number of halogens is 1. The number of hydrogen-bond acceptors (Lipinski definition) is 2. The molecule has 4 nitrogen and oxygen atoms in total. The summed E-state index contributed by atoms with van der Waals surface area (Å²) in [6.07, 6.45) is 1.51. The third-order valence-corrected chi connectivity index (χ3v) is 2.75. The number of H-pyrrole nitrogens is 1. The van der Waals surface area contributed by atoms with Crippen LogP contribution in [-0.4, -0.2) is 16.1 Å². The third kappa shape index (κ3) is 2.47. The average Bonchev–Trinajstić information content (AvgIpc) is 2.68. The molecule has 0 spiro atoms. The summed E-state index contributed by atoms with van der Waals surface area (Å²) < 4.78 is 0. The summed E-state index contributed by atoms with van der Waals surface area (Å²) in [4.78, 5) is 11.9. The molecular formula is C12H12ClN3O. The minimum atomic E-state index is -0.179. The molecule has 1 heterocycles. The van der Waals surface area contributed by atoms with E-state index in [4.69, 9.17) is 11.6 Å². The number of amides is 1. The first-order valence-corrected chi connectivity index (χ1v) is 5.53. The summed E-state index contributed by atoms with van der Waals surface area (Å²) in [5, 5.41) is 10.0. The lowest BCUT2D eigenvalue weighted by atomic mass is 10.2. The van der Waals surface area contributed by atoms with Crippen LogP contribution in [0.15, 0.2) is 24.4 Å². The van der Waals surface area contributed by atoms with E-state index in [-0.39, 0.29) is 5.91 Å². The van der Waals surface area contributed by atoms with Crippen LogP contribution in [0.4, 0.5) is 5.69 Å². The van der Waals surface area contributed by atoms with Gasteiger partial charge < -0.3 is 5.32 Å². The lowest BCUT2D eigenvalue weighted by Gasteiger charge is -2.07. The molecule has 5 heteroatoms. The number of anilines is 1. The van der Waals surface area contributed by atoms with Crippen molar-refractivity contribution >= 4 is 23.2 Å². The van der Waals surface area contributed by atoms with E-state index >= 15 is 0 Å². The zero-order valence-electron chi connectivity index (χ0n) is 9.54. The van der Waals surface area contributed by atoms with Crippen molar-refractivity contribution in [1.29, 1.82) is 0 Å². The number of carbonyl (C=O) groups excluding carboxylic acids is 1. The molecule has 0 aliphatic rings. The fourth-order valence-electron chi connectivity index (χ4n) is 1.54. The maximum absolute atomic E-state index is 11.9. The molecule has 1 aromatic carbocycles. The molecule has 2 rings (SSSR count). The van der Waals surface area contributed by atoms with Gasteiger partial charge >= 0.3 is 0 Å². The van der Waals surface area contributed by atoms with Gasteiger partial charge in [-0.05, 0) is 37.6 Å². The van der Waals surface area contributed by atoms with Crippen LogP contribution in [0.1, 0.15) is 21.6 Å². The zero-order valence-corrected chi connectivity index (χ0v) is 10.3. The van der Waals surface area contributed by atoms with E-state index in [1.54, 1.807) is 25.1 Å². The van der Waals surface area contributed by atoms with Crippen molar-refractivity contribution in [1.82, 2.24) is 10.2 Å². The Kier molecular flexibility index (Phi) is 3.15. The number of rotatable bonds is 2. The molecule has 0 fully saturated rings. The lowest BCUT2D eigenvalue weighted by molar-refractivity contribution is 0.102. The second kappa shape index (κ2) is 4.59. The van der Waals surface area contributed by atoms with Gasteiger partial charge in [0.1, 0.15) is 0 Å². The summed E-state index contributed by atoms with van der Waals surface area (Å²) in [5.74, 6) is -0.179. The Labute approximate surface area is 104 Å². The summed E-state index contributed by atoms with van der Waals surface area (Å²) in [6.45, 7) is 3.69. The summed E-state index contributed by atoms with van der Waals surface area (Å²) >= 11 is 5.85. The molecule has 0 saturated carbocycles. The van der Waals surface area contributed by atoms with E-state index in [0.29, 0.717) is 10.6 Å². The van der Waals surface area contributed by atoms with E-state index < -0.39 is 0 Å². The van der Waals surface area contributed by atoms with Gasteiger partial charge in [-0.2, -0.15) is 5.10 Å². The molecule has 1 amide bonds. The van der Waals surface area contributed by atoms with Gasteiger partial charge in [-0.1, -0.05) is 11.6 Å². The smallest absolute Gasteiger partial charge is 0.259 e. The van der Waals surface area contributed by atoms with Crippen LogP contribution >= 0.6 is 11.6 Å². The molecule has 0 aliphatic heterocycles. The molecule has 88 valence electrons. The molecule has 0 saturated heterocycles. The lowest BCUT2D eigenvalue weighted by Crippen LogP contribution is -2.13. The minimum Gasteiger partial charge on any atom is -0.322 e. The minimum absolute atomic E-state index is 0.179. The van der Waals surface area contributed by atoms with E-state index in [0.717, 1.165) is 16.9 Å². The Morgan fingerprint density at radius 2 is 2.18 bits per heavy atom. The van der Waals surface area contributed by atoms with Crippen molar-refractivity contribution < 1.29 is 4.79 Å². The fraction of sp³-hybridized carbons (Fsp3) is 0.167. The standard InChI is InChI=1S/C12H12ClN3O/c1-7-5-9(13)3-4-11(7)15-12(17)10-6-14-16-8(10)2/h3-6H,1-2H3,(H,14,16)(H,15,17). The molecule has 0 radical (unpaired) electrons. The van der Waals surface area contributed by atoms with Crippen LogP contribution in [0, 0.1) is 13.8 Å². The maximum atomic E-state index is 11.9. The largest absolute Gasteiger partial charge is 0.322 e. The van der Waals surface area contributed by atoms with Crippen molar-refractivity contribution in [3.05, 3.63) is 46.2 Å². The molecule has 2 aromatic rings. The van der Waals surface area contributed by atoms with Gasteiger partial charge in [0.05, 0.1) is 11.8 Å². The number of nitrogens with one attached hydrogen (secondary N) is 2. The molecule has 0 aliphatic carbocycles. The fourth-order valence-corrected chi connectivity index (χ4v) is 1.76. The Morgan fingerprint density at radius 1 is 1.41 bits per heavy atom. The number of benzene rings is 1. The van der Waals surface area contributed by atoms with Crippen molar-refractivity contribution in [2.45, 2.75) is 13.8 Å². The van der Waals surface area contributed by atoms with Crippen molar-refractivity contribution in [2.75, 3.05) is 5.32 Å². The summed E-state index contributed by atoms with van der Waals surface area (Å²) in [7, 11) is 0. The quantitative estimate of drug-likeness (QED) is 0.860. The number of hydrogen-bond donors (Lipinski definition) is 2. The Balaban J connectivity index is 2.22. The van der Waals surface area contributed by atoms with Gasteiger partial charge in [0.25, 0.3) is 5.91 Å². The third-order valence-electron chi connectivity index (χ3n) is 2.51. The molecule has 2 N–H and O–H groups in total. The Hall–Kier alpha value is -1.81. The first-order valence-electron chi connectivity index (χ1n) is 5.15. The Bertz CT molecular complexity index is 563. The van der Waals surface area contributed by atoms with Crippen LogP contribution in [0.5, 0.6) is 0 Å². The highest BCUT2D eigenvalue weighted by molar-refractivity contribution is 6.30. The topological polar surface area (TPSA) is 57.8 Å². The van der Waals surface area contributed by atoms with E-state index in [1.165, 1.54) is 6.20 Å². The average molecular weight is 250 g/mol. The van der Waals surface area contributed by atoms with Crippen molar-refractivity contribution in [2.24, 2.45) is 0 Å². The first-order chi connectivity index (χ1) is 8.08. The van der Waals surface area contributed by atoms with Crippen LogP contribution in [0.2, 0.25) is 5.02 Å². The number of aromatic amines is 1. The van der Waals surface area contributed by atoms with Crippen LogP contribution < -0.4 is 5.32 Å². The number of nitrogens with zero attached hydrogens (tertiary/aromatic N) is 1. The number of aromatic nitrogens is 2. The Morgan fingerprint density at radius 3 is 2.76 bits per heavy atom. The highest BCUT2D eigenvalue weighted by atomic mass is 35.5. The van der Waals surface area contributed by atoms with Gasteiger partial charge in [-0.25, -0.2) is 0 Å². The molecule has 0 atom stereocenters. The summed E-state index contributed by atoms with van der Waals surface area (Å²) in [6, 6.07) is 5.33. The second-order valence-corrected chi connectivity index (χ2v) is 4.26. The predicted octanol–water partition coefficient (Wildman–Crippen LogP) is 2.93. The van der Waals surface area contributed by atoms with Gasteiger partial charge in [0.15, 0.2) is 0 Å². The zero-order chi connectivity index (χ0) is 12.4. The molecule has 0 bridgehead atoms. The number of aryl methyl sites for hydroxylation is 2. The highest BCUT2D eigenvalue weighted by Gasteiger charge is 2.11. The molecule has 17 heavy (non-hydrogen) atoms. The van der Waals surface area contributed by atoms with Crippen LogP contribution in [0.3, 0.4) is 0 Å². The van der Waals surface area contributed by atoms with E-state index in [1.807, 2.05) is 6.92 Å². The SMILES string of the molecule is Cc1cc(Cl)ccc1NC(=O)c1cn[nH]c1C. The first kappa shape index (κ1) is 11.7. The van der Waals surface area contributed by atoms with Gasteiger partial charge in [-0.15, -0.1) is 0 Å². The maximum Gasteiger partial charge on any atom is 0.259 e. The van der Waals surface area contributed by atoms with Gasteiger partial charge in [0, 0.05) is 16.4 Å². The molecular weight excluding hydrogens is 238 g/mol. The monoisotopic (exact) mass is 249 g/mol. The van der Waals surface area contributed by atoms with Crippen LogP contribution in [-0.2, 0) is 0 Å². The normalized spacial score (nSPS) is 10.3. The van der Waals surface area contributed by atoms with E-state index in [9.17, 15) is 4.79 Å². The predicted molar refractivity (Wildman–Crippen MR) is 67.5 cm³/mol. The van der Waals surface area contributed by atoms with Gasteiger partial charge in [-0.3, -0.25) is 9.89 Å². The summed E-state index contributed by atoms with van der Waals surface area (Å²) in [5.41, 5.74) is 2.96. The second-order valence-electron chi connectivity index (χ2n) is 3.82. The molecule has 0 unspecified atom stereocenters. The number of carbonyl (C=O) groups is 1.